The maximum absolute atomic E-state index is 12.1. The van der Waals surface area contributed by atoms with Gasteiger partial charge < -0.3 is 15.7 Å². The van der Waals surface area contributed by atoms with Crippen LogP contribution in [0.15, 0.2) is 47.4 Å². The normalized spacial score (nSPS) is 10.3. The lowest BCUT2D eigenvalue weighted by Gasteiger charge is -2.08. The molecule has 2 aromatic carbocycles. The number of aliphatic carboxylic acids is 1. The van der Waals surface area contributed by atoms with E-state index in [1.165, 1.54) is 23.3 Å². The number of rotatable bonds is 8. The van der Waals surface area contributed by atoms with Crippen molar-refractivity contribution in [3.05, 3.63) is 59.2 Å². The maximum Gasteiger partial charge on any atom is 0.322 e. The van der Waals surface area contributed by atoms with E-state index >= 15 is 0 Å². The predicted octanol–water partition coefficient (Wildman–Crippen LogP) is 3.24. The zero-order valence-corrected chi connectivity index (χ0v) is 16.1. The Bertz CT molecular complexity index is 834. The highest BCUT2D eigenvalue weighted by Crippen LogP contribution is 2.22. The van der Waals surface area contributed by atoms with Crippen LogP contribution < -0.4 is 10.6 Å². The fourth-order valence-electron chi connectivity index (χ4n) is 2.25. The number of carbonyl (C=O) groups is 3. The smallest absolute Gasteiger partial charge is 0.322 e. The molecular weight excluding hydrogens is 364 g/mol. The van der Waals surface area contributed by atoms with Crippen LogP contribution >= 0.6 is 11.8 Å². The lowest BCUT2D eigenvalue weighted by Crippen LogP contribution is -2.29. The lowest BCUT2D eigenvalue weighted by atomic mass is 10.1. The van der Waals surface area contributed by atoms with Gasteiger partial charge in [-0.25, -0.2) is 0 Å². The summed E-state index contributed by atoms with van der Waals surface area (Å²) >= 11 is 1.63. The Morgan fingerprint density at radius 3 is 2.33 bits per heavy atom. The van der Waals surface area contributed by atoms with Gasteiger partial charge in [0.15, 0.2) is 0 Å². The van der Waals surface area contributed by atoms with Crippen molar-refractivity contribution in [2.75, 3.05) is 17.6 Å². The molecule has 0 saturated heterocycles. The van der Waals surface area contributed by atoms with Crippen LogP contribution in [0.5, 0.6) is 0 Å². The van der Waals surface area contributed by atoms with Crippen LogP contribution in [0.1, 0.15) is 27.9 Å². The van der Waals surface area contributed by atoms with Gasteiger partial charge >= 0.3 is 5.97 Å². The molecule has 2 aromatic rings. The summed E-state index contributed by atoms with van der Waals surface area (Å²) in [4.78, 5) is 35.4. The third kappa shape index (κ3) is 6.79. The Labute approximate surface area is 162 Å². The van der Waals surface area contributed by atoms with Gasteiger partial charge in [-0.15, -0.1) is 11.8 Å². The van der Waals surface area contributed by atoms with Crippen LogP contribution in [0, 0.1) is 13.8 Å². The quantitative estimate of drug-likeness (QED) is 0.606. The Kier molecular flexibility index (Phi) is 7.43. The Morgan fingerprint density at radius 2 is 1.70 bits per heavy atom. The third-order valence-electron chi connectivity index (χ3n) is 3.91. The molecular formula is C20H22N2O4S. The highest BCUT2D eigenvalue weighted by molar-refractivity contribution is 7.99. The Balaban J connectivity index is 1.78. The van der Waals surface area contributed by atoms with E-state index in [9.17, 15) is 14.4 Å². The minimum atomic E-state index is -1.11. The zero-order valence-electron chi connectivity index (χ0n) is 15.2. The average molecular weight is 386 g/mol. The molecule has 6 nitrogen and oxygen atoms in total. The molecule has 7 heteroatoms. The highest BCUT2D eigenvalue weighted by Gasteiger charge is 2.08. The van der Waals surface area contributed by atoms with Gasteiger partial charge in [-0.3, -0.25) is 14.4 Å². The van der Waals surface area contributed by atoms with Gasteiger partial charge in [0.05, 0.1) is 0 Å². The molecule has 0 saturated carbocycles. The monoisotopic (exact) mass is 386 g/mol. The molecule has 0 aliphatic rings. The highest BCUT2D eigenvalue weighted by atomic mass is 32.2. The molecule has 3 N–H and O–H groups in total. The van der Waals surface area contributed by atoms with Crippen molar-refractivity contribution in [1.29, 1.82) is 0 Å². The van der Waals surface area contributed by atoms with Crippen molar-refractivity contribution >= 4 is 35.2 Å². The summed E-state index contributed by atoms with van der Waals surface area (Å²) in [6.07, 6.45) is 0.373. The van der Waals surface area contributed by atoms with Crippen LogP contribution in [0.2, 0.25) is 0 Å². The zero-order chi connectivity index (χ0) is 19.8. The number of amides is 2. The van der Waals surface area contributed by atoms with Crippen molar-refractivity contribution < 1.29 is 19.5 Å². The first-order chi connectivity index (χ1) is 12.8. The molecule has 0 aliphatic heterocycles. The van der Waals surface area contributed by atoms with Gasteiger partial charge in [0, 0.05) is 28.3 Å². The Hall–Kier alpha value is -2.80. The number of carboxylic acid groups (broad SMARTS) is 1. The van der Waals surface area contributed by atoms with Gasteiger partial charge in [-0.05, 0) is 61.4 Å². The number of benzene rings is 2. The van der Waals surface area contributed by atoms with Crippen molar-refractivity contribution in [2.45, 2.75) is 25.2 Å². The van der Waals surface area contributed by atoms with E-state index in [2.05, 4.69) is 42.7 Å². The molecule has 142 valence electrons. The number of aryl methyl sites for hydroxylation is 2. The minimum Gasteiger partial charge on any atom is -0.480 e. The second-order valence-electron chi connectivity index (χ2n) is 6.05. The number of hydrogen-bond donors (Lipinski definition) is 3. The van der Waals surface area contributed by atoms with Gasteiger partial charge in [0.2, 0.25) is 5.91 Å². The van der Waals surface area contributed by atoms with Crippen LogP contribution in [-0.2, 0) is 9.59 Å². The van der Waals surface area contributed by atoms with E-state index in [4.69, 9.17) is 5.11 Å². The topological polar surface area (TPSA) is 95.5 Å². The molecule has 0 atom stereocenters. The van der Waals surface area contributed by atoms with E-state index < -0.39 is 18.4 Å². The van der Waals surface area contributed by atoms with E-state index in [1.807, 2.05) is 0 Å². The molecule has 0 aliphatic carbocycles. The van der Waals surface area contributed by atoms with Crippen LogP contribution in [0.25, 0.3) is 0 Å². The van der Waals surface area contributed by atoms with Gasteiger partial charge in [-0.1, -0.05) is 6.07 Å². The van der Waals surface area contributed by atoms with Crippen LogP contribution in [0.4, 0.5) is 5.69 Å². The lowest BCUT2D eigenvalue weighted by molar-refractivity contribution is -0.135. The summed E-state index contributed by atoms with van der Waals surface area (Å²) in [6, 6.07) is 12.6. The van der Waals surface area contributed by atoms with Crippen LogP contribution in [0.3, 0.4) is 0 Å². The SMILES string of the molecule is Cc1ccc(SCCC(=O)Nc2ccc(C(=O)NCC(=O)O)cc2)cc1C. The van der Waals surface area contributed by atoms with E-state index in [0.717, 1.165) is 4.90 Å². The molecule has 0 unspecified atom stereocenters. The largest absolute Gasteiger partial charge is 0.480 e. The van der Waals surface area contributed by atoms with Crippen molar-refractivity contribution in [2.24, 2.45) is 0 Å². The molecule has 0 spiro atoms. The summed E-state index contributed by atoms with van der Waals surface area (Å²) in [6.45, 7) is 3.70. The predicted molar refractivity (Wildman–Crippen MR) is 106 cm³/mol. The van der Waals surface area contributed by atoms with Crippen molar-refractivity contribution in [1.82, 2.24) is 5.32 Å². The number of thioether (sulfide) groups is 1. The molecule has 0 heterocycles. The molecule has 2 rings (SSSR count). The molecule has 0 fully saturated rings. The number of hydrogen-bond acceptors (Lipinski definition) is 4. The third-order valence-corrected chi connectivity index (χ3v) is 4.90. The number of anilines is 1. The first-order valence-corrected chi connectivity index (χ1v) is 9.43. The average Bonchev–Trinajstić information content (AvgIpc) is 2.63. The molecule has 0 bridgehead atoms. The Morgan fingerprint density at radius 1 is 1.00 bits per heavy atom. The summed E-state index contributed by atoms with van der Waals surface area (Å²) in [5.41, 5.74) is 3.40. The van der Waals surface area contributed by atoms with E-state index in [1.54, 1.807) is 23.9 Å². The standard InChI is InChI=1S/C20H22N2O4S/c1-13-3-8-17(11-14(13)2)27-10-9-18(23)22-16-6-4-15(5-7-16)20(26)21-12-19(24)25/h3-8,11H,9-10,12H2,1-2H3,(H,21,26)(H,22,23)(H,24,25). The van der Waals surface area contributed by atoms with Crippen LogP contribution in [-0.4, -0.2) is 35.2 Å². The summed E-state index contributed by atoms with van der Waals surface area (Å²) in [5.74, 6) is -1.01. The van der Waals surface area contributed by atoms with Crippen molar-refractivity contribution in [3.8, 4) is 0 Å². The number of carbonyl (C=O) groups excluding carboxylic acids is 2. The van der Waals surface area contributed by atoms with Gasteiger partial charge in [-0.2, -0.15) is 0 Å². The second-order valence-corrected chi connectivity index (χ2v) is 7.21. The number of carboxylic acids is 1. The van der Waals surface area contributed by atoms with E-state index in [-0.39, 0.29) is 5.91 Å². The number of nitrogens with one attached hydrogen (secondary N) is 2. The fourth-order valence-corrected chi connectivity index (χ4v) is 3.20. The van der Waals surface area contributed by atoms with Gasteiger partial charge in [0.1, 0.15) is 6.54 Å². The summed E-state index contributed by atoms with van der Waals surface area (Å²) in [7, 11) is 0. The molecule has 0 radical (unpaired) electrons. The molecule has 2 amide bonds. The molecule has 27 heavy (non-hydrogen) atoms. The molecule has 0 aromatic heterocycles. The fraction of sp³-hybridized carbons (Fsp3) is 0.250. The first kappa shape index (κ1) is 20.5. The minimum absolute atomic E-state index is 0.102. The first-order valence-electron chi connectivity index (χ1n) is 8.45. The van der Waals surface area contributed by atoms with E-state index in [0.29, 0.717) is 23.4 Å². The maximum atomic E-state index is 12.1. The second kappa shape index (κ2) is 9.78. The van der Waals surface area contributed by atoms with Crippen molar-refractivity contribution in [3.63, 3.8) is 0 Å². The van der Waals surface area contributed by atoms with Gasteiger partial charge in [0.25, 0.3) is 5.91 Å². The summed E-state index contributed by atoms with van der Waals surface area (Å²) < 4.78 is 0. The summed E-state index contributed by atoms with van der Waals surface area (Å²) in [5, 5.41) is 13.6.